The highest BCUT2D eigenvalue weighted by Crippen LogP contribution is 2.19. The number of rotatable bonds is 4. The minimum absolute atomic E-state index is 0.0894. The predicted molar refractivity (Wildman–Crippen MR) is 70.9 cm³/mol. The van der Waals surface area contributed by atoms with Crippen molar-refractivity contribution in [1.29, 1.82) is 0 Å². The molecule has 0 saturated carbocycles. The fraction of sp³-hybridized carbons (Fsp3) is 0.200. The average Bonchev–Trinajstić information content (AvgIpc) is 2.47. The van der Waals surface area contributed by atoms with Crippen LogP contribution in [0.25, 0.3) is 0 Å². The van der Waals surface area contributed by atoms with E-state index in [9.17, 15) is 18.0 Å². The number of benzene rings is 1. The van der Waals surface area contributed by atoms with Crippen LogP contribution in [0.3, 0.4) is 0 Å². The fourth-order valence-electron chi connectivity index (χ4n) is 1.75. The Hall–Kier alpha value is -2.37. The number of carbonyl (C=O) groups excluding carboxylic acids is 1. The summed E-state index contributed by atoms with van der Waals surface area (Å²) in [6.45, 7) is 2.35. The van der Waals surface area contributed by atoms with Crippen molar-refractivity contribution < 1.29 is 22.5 Å². The van der Waals surface area contributed by atoms with E-state index < -0.39 is 23.4 Å². The third-order valence-electron chi connectivity index (χ3n) is 2.96. The molecule has 0 spiro atoms. The molecule has 0 saturated heterocycles. The van der Waals surface area contributed by atoms with E-state index in [1.807, 2.05) is 31.5 Å². The molecule has 0 atom stereocenters. The number of hydrogen-bond donors (Lipinski definition) is 1. The van der Waals surface area contributed by atoms with Crippen LogP contribution in [-0.2, 0) is 11.3 Å². The van der Waals surface area contributed by atoms with Crippen LogP contribution in [0.1, 0.15) is 12.0 Å². The van der Waals surface area contributed by atoms with Crippen LogP contribution in [0, 0.1) is 24.4 Å². The number of hydrogen-bond acceptors (Lipinski definition) is 1. The van der Waals surface area contributed by atoms with Crippen molar-refractivity contribution in [2.24, 2.45) is 0 Å². The minimum atomic E-state index is -1.60. The Bertz CT molecular complexity index is 657. The molecule has 1 heterocycles. The number of halogens is 3. The molecule has 1 N–H and O–H groups in total. The van der Waals surface area contributed by atoms with Crippen molar-refractivity contribution in [3.63, 3.8) is 0 Å². The molecule has 1 aromatic heterocycles. The van der Waals surface area contributed by atoms with Crippen LogP contribution >= 0.6 is 0 Å². The minimum Gasteiger partial charge on any atom is -0.323 e. The van der Waals surface area contributed by atoms with Gasteiger partial charge in [-0.05, 0) is 24.6 Å². The highest BCUT2D eigenvalue weighted by Gasteiger charge is 2.15. The molecule has 0 aliphatic carbocycles. The van der Waals surface area contributed by atoms with Crippen LogP contribution in [0.5, 0.6) is 0 Å². The van der Waals surface area contributed by atoms with Gasteiger partial charge < -0.3 is 5.32 Å². The molecule has 6 heteroatoms. The number of aromatic nitrogens is 1. The van der Waals surface area contributed by atoms with E-state index >= 15 is 0 Å². The van der Waals surface area contributed by atoms with Gasteiger partial charge in [0.05, 0.1) is 12.1 Å². The molecule has 110 valence electrons. The van der Waals surface area contributed by atoms with Crippen LogP contribution in [0.4, 0.5) is 18.9 Å². The molecule has 0 fully saturated rings. The van der Waals surface area contributed by atoms with E-state index in [-0.39, 0.29) is 12.1 Å². The van der Waals surface area contributed by atoms with Crippen molar-refractivity contribution >= 4 is 11.6 Å². The second kappa shape index (κ2) is 6.39. The Morgan fingerprint density at radius 2 is 1.76 bits per heavy atom. The number of aryl methyl sites for hydroxylation is 2. The number of anilines is 1. The lowest BCUT2D eigenvalue weighted by Crippen LogP contribution is -2.34. The van der Waals surface area contributed by atoms with Crippen LogP contribution in [0.2, 0.25) is 0 Å². The molecule has 1 amide bonds. The van der Waals surface area contributed by atoms with Gasteiger partial charge in [-0.3, -0.25) is 4.79 Å². The summed E-state index contributed by atoms with van der Waals surface area (Å²) < 4.78 is 41.0. The zero-order valence-electron chi connectivity index (χ0n) is 11.4. The van der Waals surface area contributed by atoms with Crippen molar-refractivity contribution in [2.75, 3.05) is 5.32 Å². The first-order valence-electron chi connectivity index (χ1n) is 6.36. The van der Waals surface area contributed by atoms with Crippen LogP contribution < -0.4 is 9.88 Å². The summed E-state index contributed by atoms with van der Waals surface area (Å²) in [6.07, 6.45) is 3.73. The Morgan fingerprint density at radius 3 is 2.43 bits per heavy atom. The molecule has 2 aromatic rings. The Kier molecular flexibility index (Phi) is 4.57. The summed E-state index contributed by atoms with van der Waals surface area (Å²) >= 11 is 0. The average molecular weight is 295 g/mol. The molecular formula is C15H14F3N2O+. The van der Waals surface area contributed by atoms with Crippen molar-refractivity contribution in [3.05, 3.63) is 59.7 Å². The lowest BCUT2D eigenvalue weighted by molar-refractivity contribution is -0.695. The first-order valence-corrected chi connectivity index (χ1v) is 6.36. The van der Waals surface area contributed by atoms with E-state index in [2.05, 4.69) is 5.32 Å². The van der Waals surface area contributed by atoms with E-state index in [1.165, 1.54) is 0 Å². The van der Waals surface area contributed by atoms with Gasteiger partial charge in [0, 0.05) is 12.1 Å². The second-order valence-electron chi connectivity index (χ2n) is 4.63. The third kappa shape index (κ3) is 3.81. The van der Waals surface area contributed by atoms with Crippen molar-refractivity contribution in [1.82, 2.24) is 0 Å². The van der Waals surface area contributed by atoms with E-state index in [0.29, 0.717) is 6.54 Å². The maximum Gasteiger partial charge on any atom is 0.230 e. The van der Waals surface area contributed by atoms with Gasteiger partial charge in [0.1, 0.15) is 0 Å². The van der Waals surface area contributed by atoms with Gasteiger partial charge in [-0.1, -0.05) is 0 Å². The summed E-state index contributed by atoms with van der Waals surface area (Å²) in [5.74, 6) is -4.76. The summed E-state index contributed by atoms with van der Waals surface area (Å²) in [6, 6.07) is 5.55. The maximum absolute atomic E-state index is 13.4. The number of carbonyl (C=O) groups is 1. The first kappa shape index (κ1) is 15.0. The summed E-state index contributed by atoms with van der Waals surface area (Å²) in [5.41, 5.74) is 0.729. The molecule has 2 rings (SSSR count). The summed E-state index contributed by atoms with van der Waals surface area (Å²) in [5, 5.41) is 2.23. The highest BCUT2D eigenvalue weighted by molar-refractivity contribution is 5.90. The lowest BCUT2D eigenvalue weighted by atomic mass is 10.2. The molecule has 3 nitrogen and oxygen atoms in total. The Morgan fingerprint density at radius 1 is 1.10 bits per heavy atom. The monoisotopic (exact) mass is 295 g/mol. The molecule has 0 radical (unpaired) electrons. The van der Waals surface area contributed by atoms with E-state index in [1.54, 1.807) is 4.57 Å². The lowest BCUT2D eigenvalue weighted by Gasteiger charge is -2.06. The van der Waals surface area contributed by atoms with E-state index in [0.717, 1.165) is 17.7 Å². The van der Waals surface area contributed by atoms with E-state index in [4.69, 9.17) is 0 Å². The predicted octanol–water partition coefficient (Wildman–Crippen LogP) is 2.73. The molecule has 1 aromatic carbocycles. The maximum atomic E-state index is 13.4. The highest BCUT2D eigenvalue weighted by atomic mass is 19.2. The zero-order chi connectivity index (χ0) is 15.4. The van der Waals surface area contributed by atoms with Gasteiger partial charge >= 0.3 is 0 Å². The fourth-order valence-corrected chi connectivity index (χ4v) is 1.75. The van der Waals surface area contributed by atoms with Crippen molar-refractivity contribution in [2.45, 2.75) is 19.9 Å². The molecule has 0 bridgehead atoms. The molecule has 0 unspecified atom stereocenters. The largest absolute Gasteiger partial charge is 0.323 e. The SMILES string of the molecule is Cc1cc[n+](CCC(=O)Nc2ccc(F)c(F)c2F)cc1. The number of amides is 1. The second-order valence-corrected chi connectivity index (χ2v) is 4.63. The number of nitrogens with zero attached hydrogens (tertiary/aromatic N) is 1. The van der Waals surface area contributed by atoms with Gasteiger partial charge in [-0.25, -0.2) is 17.7 Å². The van der Waals surface area contributed by atoms with Crippen LogP contribution in [0.15, 0.2) is 36.7 Å². The summed E-state index contributed by atoms with van der Waals surface area (Å²) in [7, 11) is 0. The molecule has 21 heavy (non-hydrogen) atoms. The van der Waals surface area contributed by atoms with Gasteiger partial charge in [-0.15, -0.1) is 0 Å². The number of pyridine rings is 1. The Labute approximate surface area is 120 Å². The third-order valence-corrected chi connectivity index (χ3v) is 2.96. The standard InChI is InChI=1S/C15H13F3N2O/c1-10-4-7-20(8-5-10)9-6-13(21)19-12-3-2-11(16)14(17)15(12)18/h2-5,7-8H,6,9H2,1H3/p+1. The normalized spacial score (nSPS) is 10.5. The van der Waals surface area contributed by atoms with Gasteiger partial charge in [-0.2, -0.15) is 0 Å². The van der Waals surface area contributed by atoms with Gasteiger partial charge in [0.25, 0.3) is 0 Å². The van der Waals surface area contributed by atoms with Gasteiger partial charge in [0.2, 0.25) is 5.91 Å². The molecule has 0 aliphatic rings. The smallest absolute Gasteiger partial charge is 0.230 e. The van der Waals surface area contributed by atoms with Gasteiger partial charge in [0.15, 0.2) is 36.4 Å². The quantitative estimate of drug-likeness (QED) is 0.683. The summed E-state index contributed by atoms with van der Waals surface area (Å²) in [4.78, 5) is 11.7. The molecule has 0 aliphatic heterocycles. The Balaban J connectivity index is 1.96. The topological polar surface area (TPSA) is 33.0 Å². The zero-order valence-corrected chi connectivity index (χ0v) is 11.4. The van der Waals surface area contributed by atoms with Crippen LogP contribution in [-0.4, -0.2) is 5.91 Å². The molecular weight excluding hydrogens is 281 g/mol. The number of nitrogens with one attached hydrogen (secondary N) is 1. The van der Waals surface area contributed by atoms with Crippen molar-refractivity contribution in [3.8, 4) is 0 Å². The first-order chi connectivity index (χ1) is 9.97.